The molecular formula is C20H23N3O. The first kappa shape index (κ1) is 16.2. The summed E-state index contributed by atoms with van der Waals surface area (Å²) in [7, 11) is 0. The third-order valence-electron chi connectivity index (χ3n) is 4.12. The van der Waals surface area contributed by atoms with E-state index >= 15 is 0 Å². The van der Waals surface area contributed by atoms with Gasteiger partial charge < -0.3 is 10.6 Å². The quantitative estimate of drug-likeness (QED) is 0.908. The van der Waals surface area contributed by atoms with Crippen LogP contribution in [0.2, 0.25) is 0 Å². The number of amidine groups is 1. The van der Waals surface area contributed by atoms with Crippen LogP contribution in [0.4, 0.5) is 5.69 Å². The summed E-state index contributed by atoms with van der Waals surface area (Å²) in [6.07, 6.45) is 0. The molecule has 24 heavy (non-hydrogen) atoms. The Labute approximate surface area is 143 Å². The molecule has 0 fully saturated rings. The smallest absolute Gasteiger partial charge is 0.255 e. The maximum Gasteiger partial charge on any atom is 0.255 e. The number of para-hydroxylation sites is 1. The molecule has 0 aliphatic carbocycles. The van der Waals surface area contributed by atoms with Gasteiger partial charge in [-0.05, 0) is 35.2 Å². The first-order chi connectivity index (χ1) is 11.4. The van der Waals surface area contributed by atoms with Crippen molar-refractivity contribution in [3.8, 4) is 0 Å². The molecule has 0 radical (unpaired) electrons. The summed E-state index contributed by atoms with van der Waals surface area (Å²) in [5.74, 6) is 0.732. The Bertz CT molecular complexity index is 770. The van der Waals surface area contributed by atoms with E-state index in [-0.39, 0.29) is 11.3 Å². The molecule has 124 valence electrons. The van der Waals surface area contributed by atoms with E-state index in [4.69, 9.17) is 0 Å². The predicted molar refractivity (Wildman–Crippen MR) is 98.9 cm³/mol. The number of benzene rings is 2. The van der Waals surface area contributed by atoms with E-state index in [0.29, 0.717) is 5.56 Å². The molecular weight excluding hydrogens is 298 g/mol. The fraction of sp³-hybridized carbons (Fsp3) is 0.300. The summed E-state index contributed by atoms with van der Waals surface area (Å²) >= 11 is 0. The standard InChI is InChI=1S/C20H23N3O/c1-20(2,3)15-10-8-14(9-11-15)19(24)23-17-7-5-4-6-16(17)18-21-12-13-22-18/h4-11H,12-13H2,1-3H3,(H,21,22)(H,23,24). The second-order valence-corrected chi connectivity index (χ2v) is 6.98. The second-order valence-electron chi connectivity index (χ2n) is 6.98. The maximum absolute atomic E-state index is 12.6. The van der Waals surface area contributed by atoms with Crippen molar-refractivity contribution in [2.75, 3.05) is 18.4 Å². The summed E-state index contributed by atoms with van der Waals surface area (Å²) in [6.45, 7) is 8.09. The lowest BCUT2D eigenvalue weighted by molar-refractivity contribution is 0.102. The molecule has 0 unspecified atom stereocenters. The molecule has 0 saturated carbocycles. The second kappa shape index (κ2) is 6.48. The van der Waals surface area contributed by atoms with Crippen LogP contribution in [-0.2, 0) is 5.41 Å². The molecule has 0 atom stereocenters. The van der Waals surface area contributed by atoms with Gasteiger partial charge in [0.05, 0.1) is 12.2 Å². The van der Waals surface area contributed by atoms with Gasteiger partial charge in [-0.2, -0.15) is 0 Å². The van der Waals surface area contributed by atoms with Crippen LogP contribution in [0.15, 0.2) is 53.5 Å². The highest BCUT2D eigenvalue weighted by Gasteiger charge is 2.16. The van der Waals surface area contributed by atoms with Crippen molar-refractivity contribution in [1.29, 1.82) is 0 Å². The monoisotopic (exact) mass is 321 g/mol. The minimum absolute atomic E-state index is 0.0773. The van der Waals surface area contributed by atoms with Gasteiger partial charge in [0.25, 0.3) is 5.91 Å². The number of nitrogens with one attached hydrogen (secondary N) is 2. The molecule has 3 rings (SSSR count). The molecule has 2 aromatic rings. The van der Waals surface area contributed by atoms with Crippen molar-refractivity contribution < 1.29 is 4.79 Å². The SMILES string of the molecule is CC(C)(C)c1ccc(C(=O)Nc2ccccc2C2=NCCN2)cc1. The van der Waals surface area contributed by atoms with Crippen molar-refractivity contribution in [2.45, 2.75) is 26.2 Å². The van der Waals surface area contributed by atoms with Crippen molar-refractivity contribution in [3.05, 3.63) is 65.2 Å². The molecule has 2 N–H and O–H groups in total. The minimum atomic E-state index is -0.110. The van der Waals surface area contributed by atoms with E-state index in [1.165, 1.54) is 5.56 Å². The Morgan fingerprint density at radius 3 is 2.42 bits per heavy atom. The number of rotatable bonds is 3. The Kier molecular flexibility index (Phi) is 4.38. The zero-order valence-corrected chi connectivity index (χ0v) is 14.4. The average molecular weight is 321 g/mol. The van der Waals surface area contributed by atoms with E-state index in [2.05, 4.69) is 36.4 Å². The molecule has 0 spiro atoms. The summed E-state index contributed by atoms with van der Waals surface area (Å²) in [5, 5.41) is 6.25. The van der Waals surface area contributed by atoms with Crippen LogP contribution in [0, 0.1) is 0 Å². The van der Waals surface area contributed by atoms with Gasteiger partial charge in [0.1, 0.15) is 5.84 Å². The Balaban J connectivity index is 1.80. The van der Waals surface area contributed by atoms with Crippen LogP contribution < -0.4 is 10.6 Å². The zero-order valence-electron chi connectivity index (χ0n) is 14.4. The highest BCUT2D eigenvalue weighted by atomic mass is 16.1. The first-order valence-electron chi connectivity index (χ1n) is 8.25. The number of nitrogens with zero attached hydrogens (tertiary/aromatic N) is 1. The van der Waals surface area contributed by atoms with E-state index in [1.807, 2.05) is 48.5 Å². The summed E-state index contributed by atoms with van der Waals surface area (Å²) in [5.41, 5.74) is 3.64. The Hall–Kier alpha value is -2.62. The summed E-state index contributed by atoms with van der Waals surface area (Å²) < 4.78 is 0. The summed E-state index contributed by atoms with van der Waals surface area (Å²) in [4.78, 5) is 17.0. The molecule has 0 saturated heterocycles. The largest absolute Gasteiger partial charge is 0.368 e. The number of hydrogen-bond acceptors (Lipinski definition) is 3. The molecule has 0 aromatic heterocycles. The molecule has 1 aliphatic heterocycles. The normalized spacial score (nSPS) is 14.0. The van der Waals surface area contributed by atoms with Crippen LogP contribution >= 0.6 is 0 Å². The minimum Gasteiger partial charge on any atom is -0.368 e. The van der Waals surface area contributed by atoms with Crippen molar-refractivity contribution in [3.63, 3.8) is 0 Å². The van der Waals surface area contributed by atoms with Crippen LogP contribution in [0.3, 0.4) is 0 Å². The number of anilines is 1. The third kappa shape index (κ3) is 3.48. The van der Waals surface area contributed by atoms with Crippen molar-refractivity contribution >= 4 is 17.4 Å². The van der Waals surface area contributed by atoms with Crippen LogP contribution in [0.25, 0.3) is 0 Å². The highest BCUT2D eigenvalue weighted by molar-refractivity contribution is 6.10. The number of amides is 1. The highest BCUT2D eigenvalue weighted by Crippen LogP contribution is 2.23. The molecule has 1 amide bonds. The lowest BCUT2D eigenvalue weighted by atomic mass is 9.86. The fourth-order valence-corrected chi connectivity index (χ4v) is 2.69. The van der Waals surface area contributed by atoms with E-state index in [9.17, 15) is 4.79 Å². The lowest BCUT2D eigenvalue weighted by Crippen LogP contribution is -2.22. The molecule has 1 aliphatic rings. The first-order valence-corrected chi connectivity index (χ1v) is 8.25. The fourth-order valence-electron chi connectivity index (χ4n) is 2.69. The van der Waals surface area contributed by atoms with Gasteiger partial charge >= 0.3 is 0 Å². The molecule has 4 heteroatoms. The molecule has 1 heterocycles. The number of carbonyl (C=O) groups is 1. The van der Waals surface area contributed by atoms with Crippen LogP contribution in [0.1, 0.15) is 42.3 Å². The third-order valence-corrected chi connectivity index (χ3v) is 4.12. The Morgan fingerprint density at radius 2 is 1.79 bits per heavy atom. The van der Waals surface area contributed by atoms with Gasteiger partial charge in [-0.15, -0.1) is 0 Å². The van der Waals surface area contributed by atoms with Gasteiger partial charge in [0, 0.05) is 17.7 Å². The average Bonchev–Trinajstić information content (AvgIpc) is 3.09. The number of carbonyl (C=O) groups excluding carboxylic acids is 1. The Morgan fingerprint density at radius 1 is 1.08 bits per heavy atom. The van der Waals surface area contributed by atoms with Crippen LogP contribution in [0.5, 0.6) is 0 Å². The molecule has 0 bridgehead atoms. The number of aliphatic imine (C=N–C) groups is 1. The van der Waals surface area contributed by atoms with E-state index in [0.717, 1.165) is 30.2 Å². The summed E-state index contributed by atoms with van der Waals surface area (Å²) in [6, 6.07) is 15.5. The van der Waals surface area contributed by atoms with Gasteiger partial charge in [0.2, 0.25) is 0 Å². The predicted octanol–water partition coefficient (Wildman–Crippen LogP) is 3.59. The van der Waals surface area contributed by atoms with Gasteiger partial charge in [-0.1, -0.05) is 45.0 Å². The van der Waals surface area contributed by atoms with Crippen LogP contribution in [-0.4, -0.2) is 24.8 Å². The van der Waals surface area contributed by atoms with Gasteiger partial charge in [0.15, 0.2) is 0 Å². The van der Waals surface area contributed by atoms with Gasteiger partial charge in [-0.3, -0.25) is 9.79 Å². The topological polar surface area (TPSA) is 53.5 Å². The lowest BCUT2D eigenvalue weighted by Gasteiger charge is -2.19. The van der Waals surface area contributed by atoms with E-state index in [1.54, 1.807) is 0 Å². The van der Waals surface area contributed by atoms with Gasteiger partial charge in [-0.25, -0.2) is 0 Å². The van der Waals surface area contributed by atoms with Crippen molar-refractivity contribution in [2.24, 2.45) is 4.99 Å². The van der Waals surface area contributed by atoms with E-state index < -0.39 is 0 Å². The number of hydrogen-bond donors (Lipinski definition) is 2. The maximum atomic E-state index is 12.6. The molecule has 4 nitrogen and oxygen atoms in total. The van der Waals surface area contributed by atoms with Crippen molar-refractivity contribution in [1.82, 2.24) is 5.32 Å². The molecule has 2 aromatic carbocycles. The zero-order chi connectivity index (χ0) is 17.2.